The number of aliphatic hydroxyl groups excluding tert-OH is 1. The van der Waals surface area contributed by atoms with E-state index in [4.69, 9.17) is 9.47 Å². The average Bonchev–Trinajstić information content (AvgIpc) is 3.02. The van der Waals surface area contributed by atoms with Crippen LogP contribution in [-0.4, -0.2) is 53.0 Å². The van der Waals surface area contributed by atoms with Gasteiger partial charge in [-0.3, -0.25) is 4.90 Å². The fourth-order valence-electron chi connectivity index (χ4n) is 4.36. The Morgan fingerprint density at radius 3 is 2.46 bits per heavy atom. The molecule has 3 rings (SSSR count). The standard InChI is InChI=1S/C26H33F3N2O4/c1-16-9-6-7-10-17(16)15-31(5)22-20(30-24(33)35-25(2,3)4)14-21(23(22)32)34-19-12-8-11-18(13-19)26(27,28)29/h6-13,20-23,32H,14-15H2,1-5H3,(H,30,33)/t20-,21-,22+,23+/m0/s1. The Bertz CT molecular complexity index is 1020. The molecule has 1 amide bonds. The second kappa shape index (κ2) is 10.5. The van der Waals surface area contributed by atoms with Gasteiger partial charge in [-0.2, -0.15) is 13.2 Å². The van der Waals surface area contributed by atoms with Crippen molar-refractivity contribution >= 4 is 6.09 Å². The predicted molar refractivity (Wildman–Crippen MR) is 126 cm³/mol. The van der Waals surface area contributed by atoms with E-state index in [9.17, 15) is 23.1 Å². The van der Waals surface area contributed by atoms with Crippen LogP contribution in [0.2, 0.25) is 0 Å². The molecular weight excluding hydrogens is 461 g/mol. The molecule has 35 heavy (non-hydrogen) atoms. The number of aliphatic hydroxyl groups is 1. The van der Waals surface area contributed by atoms with Gasteiger partial charge in [-0.25, -0.2) is 4.79 Å². The molecule has 0 spiro atoms. The first-order valence-corrected chi connectivity index (χ1v) is 11.5. The molecule has 192 valence electrons. The number of alkyl carbamates (subject to hydrolysis) is 1. The third-order valence-corrected chi connectivity index (χ3v) is 5.97. The van der Waals surface area contributed by atoms with Crippen molar-refractivity contribution in [1.29, 1.82) is 0 Å². The number of nitrogens with one attached hydrogen (secondary N) is 1. The molecule has 2 aromatic carbocycles. The molecule has 2 aromatic rings. The van der Waals surface area contributed by atoms with E-state index in [1.165, 1.54) is 12.1 Å². The minimum absolute atomic E-state index is 0.00194. The highest BCUT2D eigenvalue weighted by Crippen LogP contribution is 2.34. The van der Waals surface area contributed by atoms with E-state index in [-0.39, 0.29) is 12.2 Å². The lowest BCUT2D eigenvalue weighted by atomic mass is 10.1. The first-order chi connectivity index (χ1) is 16.2. The van der Waals surface area contributed by atoms with Crippen LogP contribution in [-0.2, 0) is 17.5 Å². The van der Waals surface area contributed by atoms with Gasteiger partial charge in [-0.05, 0) is 64.1 Å². The summed E-state index contributed by atoms with van der Waals surface area (Å²) in [4.78, 5) is 14.4. The summed E-state index contributed by atoms with van der Waals surface area (Å²) in [6.07, 6.45) is -6.85. The quantitative estimate of drug-likeness (QED) is 0.597. The second-order valence-corrected chi connectivity index (χ2v) is 9.99. The third-order valence-electron chi connectivity index (χ3n) is 5.97. The van der Waals surface area contributed by atoms with E-state index in [2.05, 4.69) is 5.32 Å². The molecule has 0 bridgehead atoms. The van der Waals surface area contributed by atoms with Gasteiger partial charge in [0.1, 0.15) is 23.6 Å². The Hall–Kier alpha value is -2.78. The van der Waals surface area contributed by atoms with Gasteiger partial charge < -0.3 is 19.9 Å². The highest BCUT2D eigenvalue weighted by Gasteiger charge is 2.47. The maximum absolute atomic E-state index is 13.1. The Morgan fingerprint density at radius 2 is 1.83 bits per heavy atom. The van der Waals surface area contributed by atoms with Crippen molar-refractivity contribution in [1.82, 2.24) is 10.2 Å². The summed E-state index contributed by atoms with van der Waals surface area (Å²) < 4.78 is 50.6. The molecular formula is C26H33F3N2O4. The van der Waals surface area contributed by atoms with Crippen molar-refractivity contribution in [3.8, 4) is 5.75 Å². The zero-order chi connectivity index (χ0) is 26.0. The maximum atomic E-state index is 13.1. The van der Waals surface area contributed by atoms with Gasteiger partial charge in [0.15, 0.2) is 0 Å². The van der Waals surface area contributed by atoms with Crippen molar-refractivity contribution < 1.29 is 32.5 Å². The number of hydrogen-bond acceptors (Lipinski definition) is 5. The lowest BCUT2D eigenvalue weighted by Crippen LogP contribution is -2.52. The Morgan fingerprint density at radius 1 is 1.14 bits per heavy atom. The minimum atomic E-state index is -4.51. The molecule has 2 N–H and O–H groups in total. The van der Waals surface area contributed by atoms with Crippen LogP contribution in [0.3, 0.4) is 0 Å². The molecule has 0 radical (unpaired) electrons. The Balaban J connectivity index is 1.82. The molecule has 4 atom stereocenters. The summed E-state index contributed by atoms with van der Waals surface area (Å²) in [5.41, 5.74) is 0.595. The van der Waals surface area contributed by atoms with Crippen molar-refractivity contribution in [3.05, 3.63) is 65.2 Å². The van der Waals surface area contributed by atoms with Gasteiger partial charge >= 0.3 is 12.3 Å². The molecule has 0 heterocycles. The number of rotatable bonds is 6. The third kappa shape index (κ3) is 7.11. The van der Waals surface area contributed by atoms with Gasteiger partial charge in [0.05, 0.1) is 17.6 Å². The lowest BCUT2D eigenvalue weighted by Gasteiger charge is -2.33. The number of carbonyl (C=O) groups is 1. The van der Waals surface area contributed by atoms with Crippen LogP contribution in [0.5, 0.6) is 5.75 Å². The van der Waals surface area contributed by atoms with Crippen molar-refractivity contribution in [2.75, 3.05) is 7.05 Å². The fraction of sp³-hybridized carbons (Fsp3) is 0.500. The topological polar surface area (TPSA) is 71.0 Å². The maximum Gasteiger partial charge on any atom is 0.416 e. The molecule has 0 aromatic heterocycles. The number of hydrogen-bond donors (Lipinski definition) is 2. The second-order valence-electron chi connectivity index (χ2n) is 9.99. The first-order valence-electron chi connectivity index (χ1n) is 11.5. The molecule has 6 nitrogen and oxygen atoms in total. The van der Waals surface area contributed by atoms with E-state index < -0.39 is 47.7 Å². The number of nitrogens with zero attached hydrogens (tertiary/aromatic N) is 1. The highest BCUT2D eigenvalue weighted by atomic mass is 19.4. The number of likely N-dealkylation sites (N-methyl/N-ethyl adjacent to an activating group) is 1. The van der Waals surface area contributed by atoms with Crippen molar-refractivity contribution in [2.45, 2.75) is 76.7 Å². The summed E-state index contributed by atoms with van der Waals surface area (Å²) in [5, 5.41) is 14.0. The summed E-state index contributed by atoms with van der Waals surface area (Å²) in [7, 11) is 1.83. The van der Waals surface area contributed by atoms with Crippen LogP contribution < -0.4 is 10.1 Å². The minimum Gasteiger partial charge on any atom is -0.488 e. The number of halogens is 3. The smallest absolute Gasteiger partial charge is 0.416 e. The zero-order valence-electron chi connectivity index (χ0n) is 20.6. The number of aryl methyl sites for hydroxylation is 1. The van der Waals surface area contributed by atoms with E-state index in [1.807, 2.05) is 43.1 Å². The summed E-state index contributed by atoms with van der Waals surface area (Å²) in [6, 6.07) is 11.3. The normalized spacial score (nSPS) is 22.8. The molecule has 1 fully saturated rings. The SMILES string of the molecule is Cc1ccccc1CN(C)[C@H]1[C@H](O)[C@@H](Oc2cccc(C(F)(F)F)c2)C[C@@H]1NC(=O)OC(C)(C)C. The van der Waals surface area contributed by atoms with Crippen LogP contribution in [0.15, 0.2) is 48.5 Å². The van der Waals surface area contributed by atoms with Crippen LogP contribution in [0.25, 0.3) is 0 Å². The van der Waals surface area contributed by atoms with Crippen molar-refractivity contribution in [2.24, 2.45) is 0 Å². The van der Waals surface area contributed by atoms with Gasteiger partial charge in [-0.1, -0.05) is 30.3 Å². The van der Waals surface area contributed by atoms with Crippen LogP contribution in [0, 0.1) is 6.92 Å². The first kappa shape index (κ1) is 26.8. The number of ether oxygens (including phenoxy) is 2. The monoisotopic (exact) mass is 494 g/mol. The fourth-order valence-corrected chi connectivity index (χ4v) is 4.36. The number of alkyl halides is 3. The summed E-state index contributed by atoms with van der Waals surface area (Å²) >= 11 is 0. The molecule has 1 aliphatic carbocycles. The lowest BCUT2D eigenvalue weighted by molar-refractivity contribution is -0.137. The van der Waals surface area contributed by atoms with Gasteiger partial charge in [0.25, 0.3) is 0 Å². The molecule has 1 saturated carbocycles. The number of amides is 1. The highest BCUT2D eigenvalue weighted by molar-refractivity contribution is 5.68. The molecule has 0 unspecified atom stereocenters. The summed E-state index contributed by atoms with van der Waals surface area (Å²) in [5.74, 6) is 0.00194. The van der Waals surface area contributed by atoms with E-state index >= 15 is 0 Å². The van der Waals surface area contributed by atoms with E-state index in [1.54, 1.807) is 20.8 Å². The Labute approximate surface area is 204 Å². The van der Waals surface area contributed by atoms with Crippen molar-refractivity contribution in [3.63, 3.8) is 0 Å². The predicted octanol–water partition coefficient (Wildman–Crippen LogP) is 4.92. The average molecular weight is 495 g/mol. The van der Waals surface area contributed by atoms with E-state index in [0.717, 1.165) is 23.3 Å². The van der Waals surface area contributed by atoms with Gasteiger partial charge in [0.2, 0.25) is 0 Å². The van der Waals surface area contributed by atoms with Crippen LogP contribution >= 0.6 is 0 Å². The number of benzene rings is 2. The Kier molecular flexibility index (Phi) is 8.01. The molecule has 1 aliphatic rings. The summed E-state index contributed by atoms with van der Waals surface area (Å²) in [6.45, 7) is 7.73. The molecule has 9 heteroatoms. The van der Waals surface area contributed by atoms with E-state index in [0.29, 0.717) is 6.54 Å². The number of carbonyl (C=O) groups excluding carboxylic acids is 1. The van der Waals surface area contributed by atoms with Crippen LogP contribution in [0.4, 0.5) is 18.0 Å². The molecule has 0 aliphatic heterocycles. The van der Waals surface area contributed by atoms with Gasteiger partial charge in [-0.15, -0.1) is 0 Å². The largest absolute Gasteiger partial charge is 0.488 e. The van der Waals surface area contributed by atoms with Gasteiger partial charge in [0, 0.05) is 13.0 Å². The zero-order valence-corrected chi connectivity index (χ0v) is 20.6. The molecule has 0 saturated heterocycles. The van der Waals surface area contributed by atoms with Crippen LogP contribution in [0.1, 0.15) is 43.9 Å².